The van der Waals surface area contributed by atoms with Gasteiger partial charge in [0.2, 0.25) is 17.7 Å². The molecule has 3 aliphatic carbocycles. The zero-order valence-electron chi connectivity index (χ0n) is 15.5. The lowest BCUT2D eigenvalue weighted by Crippen LogP contribution is -2.79. The molecule has 0 saturated heterocycles. The maximum atomic E-state index is 12.4. The average Bonchev–Trinajstić information content (AvgIpc) is 2.55. The summed E-state index contributed by atoms with van der Waals surface area (Å²) in [5.41, 5.74) is 4.74. The highest BCUT2D eigenvalue weighted by Crippen LogP contribution is 2.67. The fourth-order valence-corrected chi connectivity index (χ4v) is 4.16. The van der Waals surface area contributed by atoms with Crippen LogP contribution in [0, 0.1) is 5.41 Å². The number of amides is 4. The van der Waals surface area contributed by atoms with Gasteiger partial charge in [-0.15, -0.1) is 0 Å². The second-order valence-corrected chi connectivity index (χ2v) is 7.77. The number of rotatable bonds is 7. The van der Waals surface area contributed by atoms with Crippen LogP contribution in [0.15, 0.2) is 30.3 Å². The molecule has 4 rings (SSSR count). The highest BCUT2D eigenvalue weighted by molar-refractivity contribution is 5.98. The lowest BCUT2D eigenvalue weighted by Gasteiger charge is -2.69. The molecule has 0 aromatic heterocycles. The quantitative estimate of drug-likeness (QED) is 0.613. The van der Waals surface area contributed by atoms with Crippen LogP contribution < -0.4 is 16.4 Å². The molecule has 1 atom stereocenters. The lowest BCUT2D eigenvalue weighted by molar-refractivity contribution is -0.192. The summed E-state index contributed by atoms with van der Waals surface area (Å²) in [6.07, 6.45) is 1.65. The highest BCUT2D eigenvalue weighted by atomic mass is 16.2. The third kappa shape index (κ3) is 3.51. The Balaban J connectivity index is 1.49. The second-order valence-electron chi connectivity index (χ2n) is 7.77. The summed E-state index contributed by atoms with van der Waals surface area (Å²) in [6, 6.07) is 8.00. The molecular formula is C19H24N4O4. The van der Waals surface area contributed by atoms with Crippen LogP contribution in [-0.2, 0) is 14.4 Å². The van der Waals surface area contributed by atoms with E-state index in [-0.39, 0.29) is 29.8 Å². The minimum Gasteiger partial charge on any atom is -0.368 e. The van der Waals surface area contributed by atoms with Crippen molar-refractivity contribution >= 4 is 23.6 Å². The molecule has 1 aromatic rings. The number of nitrogens with zero attached hydrogens (tertiary/aromatic N) is 1. The van der Waals surface area contributed by atoms with Gasteiger partial charge in [-0.25, -0.2) is 0 Å². The van der Waals surface area contributed by atoms with Crippen molar-refractivity contribution in [2.45, 2.75) is 37.8 Å². The molecule has 4 N–H and O–H groups in total. The summed E-state index contributed by atoms with van der Waals surface area (Å²) < 4.78 is 0. The molecule has 4 amide bonds. The Morgan fingerprint density at radius 3 is 2.30 bits per heavy atom. The largest absolute Gasteiger partial charge is 0.368 e. The van der Waals surface area contributed by atoms with Crippen molar-refractivity contribution in [1.29, 1.82) is 0 Å². The first-order chi connectivity index (χ1) is 12.7. The molecule has 3 fully saturated rings. The van der Waals surface area contributed by atoms with Gasteiger partial charge in [0.15, 0.2) is 0 Å². The van der Waals surface area contributed by atoms with Gasteiger partial charge in [-0.1, -0.05) is 18.2 Å². The Kier molecular flexibility index (Phi) is 4.67. The maximum Gasteiger partial charge on any atom is 0.251 e. The van der Waals surface area contributed by atoms with Gasteiger partial charge in [0.1, 0.15) is 6.04 Å². The predicted molar refractivity (Wildman–Crippen MR) is 97.4 cm³/mol. The number of primary amides is 1. The highest BCUT2D eigenvalue weighted by Gasteiger charge is 2.72. The van der Waals surface area contributed by atoms with Crippen LogP contribution >= 0.6 is 0 Å². The molecular weight excluding hydrogens is 348 g/mol. The standard InChI is InChI=1S/C19H24N4O4/c1-12(21-16(26)13-6-4-3-5-7-13)15(25)22-19-9-18(10-19,11-19)17(27)23(2)8-14(20)24/h3-7,12H,8-11H2,1-2H3,(H2,20,24)(H,21,26)(H,22,25). The molecule has 27 heavy (non-hydrogen) atoms. The van der Waals surface area contributed by atoms with Crippen LogP contribution in [0.25, 0.3) is 0 Å². The van der Waals surface area contributed by atoms with Gasteiger partial charge in [-0.2, -0.15) is 0 Å². The molecule has 8 heteroatoms. The van der Waals surface area contributed by atoms with Gasteiger partial charge in [0.25, 0.3) is 5.91 Å². The normalized spacial score (nSPS) is 26.0. The molecule has 0 spiro atoms. The van der Waals surface area contributed by atoms with Crippen molar-refractivity contribution in [3.05, 3.63) is 35.9 Å². The summed E-state index contributed by atoms with van der Waals surface area (Å²) in [4.78, 5) is 49.3. The molecule has 2 bridgehead atoms. The average molecular weight is 372 g/mol. The van der Waals surface area contributed by atoms with E-state index in [1.807, 2.05) is 6.07 Å². The van der Waals surface area contributed by atoms with Gasteiger partial charge < -0.3 is 21.3 Å². The number of likely N-dealkylation sites (N-methyl/N-ethyl adjacent to an activating group) is 1. The van der Waals surface area contributed by atoms with Crippen molar-refractivity contribution in [2.24, 2.45) is 11.1 Å². The van der Waals surface area contributed by atoms with Crippen molar-refractivity contribution < 1.29 is 19.2 Å². The molecule has 1 unspecified atom stereocenters. The number of benzene rings is 1. The number of hydrogen-bond acceptors (Lipinski definition) is 4. The SMILES string of the molecule is CC(NC(=O)c1ccccc1)C(=O)NC12CC(C(=O)N(C)CC(N)=O)(C1)C2. The molecule has 3 aliphatic rings. The fraction of sp³-hybridized carbons (Fsp3) is 0.474. The third-order valence-electron chi connectivity index (χ3n) is 5.39. The van der Waals surface area contributed by atoms with Crippen molar-refractivity contribution in [3.63, 3.8) is 0 Å². The van der Waals surface area contributed by atoms with Crippen molar-refractivity contribution in [1.82, 2.24) is 15.5 Å². The second kappa shape index (κ2) is 6.68. The van der Waals surface area contributed by atoms with Crippen LogP contribution in [0.4, 0.5) is 0 Å². The minimum absolute atomic E-state index is 0.108. The van der Waals surface area contributed by atoms with Crippen LogP contribution in [0.5, 0.6) is 0 Å². The van der Waals surface area contributed by atoms with E-state index in [2.05, 4.69) is 10.6 Å². The van der Waals surface area contributed by atoms with E-state index >= 15 is 0 Å². The predicted octanol–water partition coefficient (Wildman–Crippen LogP) is -0.212. The Bertz CT molecular complexity index is 772. The van der Waals surface area contributed by atoms with Gasteiger partial charge in [0.05, 0.1) is 12.0 Å². The summed E-state index contributed by atoms with van der Waals surface area (Å²) in [6.45, 7) is 1.52. The van der Waals surface area contributed by atoms with E-state index in [1.54, 1.807) is 38.2 Å². The van der Waals surface area contributed by atoms with Crippen LogP contribution in [0.3, 0.4) is 0 Å². The summed E-state index contributed by atoms with van der Waals surface area (Å²) in [5.74, 6) is -1.24. The number of carbonyl (C=O) groups excluding carboxylic acids is 4. The van der Waals surface area contributed by atoms with Gasteiger partial charge in [-0.05, 0) is 38.3 Å². The van der Waals surface area contributed by atoms with Gasteiger partial charge in [0, 0.05) is 18.2 Å². The lowest BCUT2D eigenvalue weighted by atomic mass is 9.39. The number of carbonyl (C=O) groups is 4. The Morgan fingerprint density at radius 1 is 1.15 bits per heavy atom. The number of nitrogens with one attached hydrogen (secondary N) is 2. The molecule has 3 saturated carbocycles. The molecule has 1 aromatic carbocycles. The Morgan fingerprint density at radius 2 is 1.74 bits per heavy atom. The molecule has 144 valence electrons. The van der Waals surface area contributed by atoms with E-state index in [9.17, 15) is 19.2 Å². The van der Waals surface area contributed by atoms with Crippen LogP contribution in [-0.4, -0.2) is 53.7 Å². The van der Waals surface area contributed by atoms with Crippen LogP contribution in [0.1, 0.15) is 36.5 Å². The van der Waals surface area contributed by atoms with E-state index in [0.717, 1.165) is 0 Å². The first kappa shape index (κ1) is 18.9. The topological polar surface area (TPSA) is 122 Å². The number of hydrogen-bond donors (Lipinski definition) is 3. The number of nitrogens with two attached hydrogens (primary N) is 1. The molecule has 0 aliphatic heterocycles. The van der Waals surface area contributed by atoms with Crippen molar-refractivity contribution in [2.75, 3.05) is 13.6 Å². The van der Waals surface area contributed by atoms with E-state index in [0.29, 0.717) is 24.8 Å². The summed E-state index contributed by atoms with van der Waals surface area (Å²) in [7, 11) is 1.56. The van der Waals surface area contributed by atoms with E-state index in [4.69, 9.17) is 5.73 Å². The van der Waals surface area contributed by atoms with E-state index < -0.39 is 17.4 Å². The first-order valence-electron chi connectivity index (χ1n) is 8.88. The Hall–Kier alpha value is -2.90. The van der Waals surface area contributed by atoms with Gasteiger partial charge >= 0.3 is 0 Å². The van der Waals surface area contributed by atoms with Crippen LogP contribution in [0.2, 0.25) is 0 Å². The molecule has 0 heterocycles. The van der Waals surface area contributed by atoms with E-state index in [1.165, 1.54) is 4.90 Å². The fourth-order valence-electron chi connectivity index (χ4n) is 4.16. The van der Waals surface area contributed by atoms with Crippen molar-refractivity contribution in [3.8, 4) is 0 Å². The maximum absolute atomic E-state index is 12.4. The zero-order valence-corrected chi connectivity index (χ0v) is 15.5. The Labute approximate surface area is 157 Å². The summed E-state index contributed by atoms with van der Waals surface area (Å²) >= 11 is 0. The monoisotopic (exact) mass is 372 g/mol. The molecule has 8 nitrogen and oxygen atoms in total. The smallest absolute Gasteiger partial charge is 0.251 e. The zero-order chi connectivity index (χ0) is 19.8. The first-order valence-corrected chi connectivity index (χ1v) is 8.88. The van der Waals surface area contributed by atoms with Gasteiger partial charge in [-0.3, -0.25) is 19.2 Å². The summed E-state index contributed by atoms with van der Waals surface area (Å²) in [5, 5.41) is 5.64. The minimum atomic E-state index is -0.684. The third-order valence-corrected chi connectivity index (χ3v) is 5.39. The molecule has 0 radical (unpaired) electrons.